The normalized spacial score (nSPS) is 9.97. The molecule has 186 valence electrons. The smallest absolute Gasteiger partial charge is 0.197 e. The minimum absolute atomic E-state index is 0. The van der Waals surface area contributed by atoms with Crippen LogP contribution in [0.5, 0.6) is 0 Å². The zero-order valence-corrected chi connectivity index (χ0v) is 20.9. The minimum Gasteiger partial charge on any atom is -0.331 e. The van der Waals surface area contributed by atoms with Crippen molar-refractivity contribution >= 4 is 7.37 Å². The first-order valence-electron chi connectivity index (χ1n) is 9.54. The summed E-state index contributed by atoms with van der Waals surface area (Å²) in [5.74, 6) is 0. The first-order valence-corrected chi connectivity index (χ1v) is 12.1. The highest BCUT2D eigenvalue weighted by molar-refractivity contribution is 7.57. The van der Waals surface area contributed by atoms with Gasteiger partial charge in [0.2, 0.25) is 0 Å². The summed E-state index contributed by atoms with van der Waals surface area (Å²) in [7, 11) is 8.47. The summed E-state index contributed by atoms with van der Waals surface area (Å²) in [5.41, 5.74) is 3.61. The van der Waals surface area contributed by atoms with Gasteiger partial charge in [-0.05, 0) is 47.7 Å². The van der Waals surface area contributed by atoms with E-state index in [-0.39, 0.29) is 22.3 Å². The second-order valence-electron chi connectivity index (χ2n) is 9.02. The Kier molecular flexibility index (Phi) is 33.2. The van der Waals surface area contributed by atoms with Crippen LogP contribution in [0.2, 0.25) is 0 Å². The van der Waals surface area contributed by atoms with Crippen LogP contribution in [0.3, 0.4) is 0 Å². The molecule has 0 bridgehead atoms. The molecule has 0 amide bonds. The third-order valence-electron chi connectivity index (χ3n) is 3.13. The van der Waals surface area contributed by atoms with Gasteiger partial charge in [0, 0.05) is 26.3 Å². The summed E-state index contributed by atoms with van der Waals surface area (Å²) in [4.78, 5) is 2.16. The highest BCUT2D eigenvalue weighted by Crippen LogP contribution is 2.37. The second kappa shape index (κ2) is 23.0. The molecular weight excluding hydrogens is 391 g/mol. The van der Waals surface area contributed by atoms with E-state index in [1.807, 2.05) is 6.92 Å². The van der Waals surface area contributed by atoms with E-state index in [0.717, 1.165) is 35.9 Å². The SMILES string of the molecule is C.C.C.C=C(C)CCN(C)C.C=C(C)CCOP(C)(C)=O.C=C(C)CC[N+](C)(C)C. The van der Waals surface area contributed by atoms with Crippen LogP contribution < -0.4 is 0 Å². The summed E-state index contributed by atoms with van der Waals surface area (Å²) in [6.07, 6.45) is 3.06. The Balaban J connectivity index is -0.0000000689. The van der Waals surface area contributed by atoms with E-state index in [0.29, 0.717) is 6.61 Å². The lowest BCUT2D eigenvalue weighted by molar-refractivity contribution is -0.870. The van der Waals surface area contributed by atoms with Crippen molar-refractivity contribution in [2.45, 2.75) is 62.3 Å². The Morgan fingerprint density at radius 1 is 0.833 bits per heavy atom. The van der Waals surface area contributed by atoms with Crippen molar-refractivity contribution < 1.29 is 13.6 Å². The average Bonchev–Trinajstić information content (AvgIpc) is 2.42. The molecule has 0 aliphatic heterocycles. The van der Waals surface area contributed by atoms with Crippen molar-refractivity contribution in [3.05, 3.63) is 36.5 Å². The summed E-state index contributed by atoms with van der Waals surface area (Å²) in [6.45, 7) is 23.5. The van der Waals surface area contributed by atoms with Gasteiger partial charge >= 0.3 is 0 Å². The van der Waals surface area contributed by atoms with Crippen molar-refractivity contribution in [2.24, 2.45) is 0 Å². The molecule has 0 aromatic heterocycles. The van der Waals surface area contributed by atoms with E-state index in [1.54, 1.807) is 13.3 Å². The van der Waals surface area contributed by atoms with Crippen LogP contribution in [0.15, 0.2) is 36.5 Å². The van der Waals surface area contributed by atoms with Crippen LogP contribution in [0.1, 0.15) is 62.3 Å². The molecule has 0 aliphatic rings. The molecule has 0 fully saturated rings. The Morgan fingerprint density at radius 3 is 1.37 bits per heavy atom. The number of rotatable bonds is 10. The van der Waals surface area contributed by atoms with Crippen LogP contribution in [0, 0.1) is 0 Å². The van der Waals surface area contributed by atoms with Gasteiger partial charge in [0.05, 0.1) is 34.3 Å². The highest BCUT2D eigenvalue weighted by Gasteiger charge is 2.05. The topological polar surface area (TPSA) is 29.5 Å². The Labute approximate surface area is 193 Å². The highest BCUT2D eigenvalue weighted by atomic mass is 31.2. The van der Waals surface area contributed by atoms with Gasteiger partial charge in [0.25, 0.3) is 0 Å². The van der Waals surface area contributed by atoms with Crippen molar-refractivity contribution in [3.63, 3.8) is 0 Å². The first-order chi connectivity index (χ1) is 12.0. The maximum absolute atomic E-state index is 10.9. The average molecular weight is 452 g/mol. The first kappa shape index (κ1) is 43.2. The molecule has 0 saturated carbocycles. The van der Waals surface area contributed by atoms with Crippen LogP contribution in [-0.2, 0) is 9.09 Å². The largest absolute Gasteiger partial charge is 0.331 e. The number of nitrogens with zero attached hydrogens (tertiary/aromatic N) is 2. The van der Waals surface area contributed by atoms with Gasteiger partial charge in [-0.3, -0.25) is 4.57 Å². The molecule has 0 N–H and O–H groups in total. The van der Waals surface area contributed by atoms with Crippen molar-refractivity contribution in [1.82, 2.24) is 4.90 Å². The van der Waals surface area contributed by atoms with Gasteiger partial charge in [-0.2, -0.15) is 0 Å². The Morgan fingerprint density at radius 2 is 1.20 bits per heavy atom. The molecular formula is C25H60N2O2P+. The van der Waals surface area contributed by atoms with Crippen molar-refractivity contribution in [3.8, 4) is 0 Å². The van der Waals surface area contributed by atoms with Crippen LogP contribution in [0.25, 0.3) is 0 Å². The van der Waals surface area contributed by atoms with Crippen LogP contribution in [-0.4, -0.2) is 77.6 Å². The van der Waals surface area contributed by atoms with Gasteiger partial charge < -0.3 is 13.9 Å². The zero-order valence-electron chi connectivity index (χ0n) is 20.0. The van der Waals surface area contributed by atoms with E-state index in [2.05, 4.69) is 73.7 Å². The van der Waals surface area contributed by atoms with Gasteiger partial charge in [-0.15, -0.1) is 13.2 Å². The molecule has 0 saturated heterocycles. The van der Waals surface area contributed by atoms with Gasteiger partial charge in [-0.25, -0.2) is 0 Å². The number of hydrogen-bond acceptors (Lipinski definition) is 3. The van der Waals surface area contributed by atoms with E-state index >= 15 is 0 Å². The molecule has 0 rings (SSSR count). The molecule has 0 radical (unpaired) electrons. The lowest BCUT2D eigenvalue weighted by Crippen LogP contribution is -2.35. The molecule has 0 aromatic carbocycles. The third-order valence-corrected chi connectivity index (χ3v) is 3.93. The minimum atomic E-state index is -2.26. The van der Waals surface area contributed by atoms with Crippen LogP contribution >= 0.6 is 7.37 Å². The maximum atomic E-state index is 10.9. The molecule has 0 heterocycles. The van der Waals surface area contributed by atoms with E-state index < -0.39 is 7.37 Å². The monoisotopic (exact) mass is 451 g/mol. The quantitative estimate of drug-likeness (QED) is 0.195. The fraction of sp³-hybridized carbons (Fsp3) is 0.760. The Hall–Kier alpha value is -0.670. The number of hydrogen-bond donors (Lipinski definition) is 0. The standard InChI is InChI=1S/C8H18N.C7H15N.C7H15O2P.3CH4/c1-8(2)6-7-9(3,4)5;1-7(2)5-6-8(3)4;1-7(2)5-6-9-10(3,4)8;;;/h1,6-7H2,2-5H3;1,5-6H2,2-4H3;1,5-6H2,2-4H3;3*1H4/q+1;;;;;. The summed E-state index contributed by atoms with van der Waals surface area (Å²) in [6, 6.07) is 0. The van der Waals surface area contributed by atoms with Crippen molar-refractivity contribution in [1.29, 1.82) is 0 Å². The van der Waals surface area contributed by atoms with Gasteiger partial charge in [-0.1, -0.05) is 45.6 Å². The molecule has 4 nitrogen and oxygen atoms in total. The predicted octanol–water partition coefficient (Wildman–Crippen LogP) is 7.59. The second-order valence-corrected chi connectivity index (χ2v) is 11.8. The van der Waals surface area contributed by atoms with E-state index in [1.165, 1.54) is 17.7 Å². The molecule has 0 atom stereocenters. The fourth-order valence-corrected chi connectivity index (χ4v) is 1.91. The molecule has 0 aliphatic carbocycles. The fourth-order valence-electron chi connectivity index (χ4n) is 1.38. The summed E-state index contributed by atoms with van der Waals surface area (Å²) in [5, 5.41) is 0. The predicted molar refractivity (Wildman–Crippen MR) is 145 cm³/mol. The third kappa shape index (κ3) is 63.1. The van der Waals surface area contributed by atoms with Crippen molar-refractivity contribution in [2.75, 3.05) is 68.3 Å². The van der Waals surface area contributed by atoms with E-state index in [4.69, 9.17) is 4.52 Å². The molecule has 30 heavy (non-hydrogen) atoms. The molecule has 0 spiro atoms. The van der Waals surface area contributed by atoms with Gasteiger partial charge in [0.1, 0.15) is 0 Å². The molecule has 0 aromatic rings. The van der Waals surface area contributed by atoms with Crippen LogP contribution in [0.4, 0.5) is 0 Å². The Bertz CT molecular complexity index is 472. The lowest BCUT2D eigenvalue weighted by Gasteiger charge is -2.23. The summed E-state index contributed by atoms with van der Waals surface area (Å²) >= 11 is 0. The van der Waals surface area contributed by atoms with Gasteiger partial charge in [0.15, 0.2) is 7.37 Å². The zero-order chi connectivity index (χ0) is 22.3. The molecule has 5 heteroatoms. The maximum Gasteiger partial charge on any atom is 0.197 e. The summed E-state index contributed by atoms with van der Waals surface area (Å²) < 4.78 is 17.0. The molecule has 0 unspecified atom stereocenters. The van der Waals surface area contributed by atoms with E-state index in [9.17, 15) is 4.57 Å². The number of quaternary nitrogens is 1. The lowest BCUT2D eigenvalue weighted by atomic mass is 10.2.